The summed E-state index contributed by atoms with van der Waals surface area (Å²) in [6.07, 6.45) is 2.53. The van der Waals surface area contributed by atoms with Crippen LogP contribution in [0.25, 0.3) is 4.13 Å². The van der Waals surface area contributed by atoms with E-state index in [0.717, 1.165) is 28.2 Å². The Labute approximate surface area is 155 Å². The topological polar surface area (TPSA) is 103 Å². The van der Waals surface area contributed by atoms with Crippen molar-refractivity contribution in [2.45, 2.75) is 44.6 Å². The van der Waals surface area contributed by atoms with Crippen molar-refractivity contribution in [2.75, 3.05) is 32.8 Å². The molecule has 0 heterocycles. The Morgan fingerprint density at radius 3 is 1.41 bits per heavy atom. The molecule has 0 rings (SSSR count). The van der Waals surface area contributed by atoms with Crippen LogP contribution in [0.5, 0.6) is 0 Å². The second kappa shape index (κ2) is 10.8. The predicted molar refractivity (Wildman–Crippen MR) is 86.4 cm³/mol. The van der Waals surface area contributed by atoms with Crippen LogP contribution in [0.15, 0.2) is 0 Å². The van der Waals surface area contributed by atoms with Crippen LogP contribution >= 0.6 is 0 Å². The Balaban J connectivity index is 0. The number of aliphatic hydroxyl groups is 1. The van der Waals surface area contributed by atoms with Crippen LogP contribution in [0.2, 0.25) is 0 Å². The molecule has 1 N–H and O–H groups in total. The van der Waals surface area contributed by atoms with Crippen LogP contribution in [-0.2, 0) is 20.0 Å². The van der Waals surface area contributed by atoms with Gasteiger partial charge in [-0.15, -0.1) is 0 Å². The van der Waals surface area contributed by atoms with Gasteiger partial charge in [-0.2, -0.15) is 26.3 Å². The SMILES string of the molecule is CCCC[N+](CC)(CC)CCO.O=S(=O)([N-]S(=O)(=O)C(F)(F)F)C(F)(F)F. The number of quaternary nitrogens is 1. The molecule has 27 heavy (non-hydrogen) atoms. The minimum absolute atomic E-state index is 0.325. The molecule has 0 aliphatic carbocycles. The molecule has 166 valence electrons. The van der Waals surface area contributed by atoms with Gasteiger partial charge in [-0.3, -0.25) is 0 Å². The van der Waals surface area contributed by atoms with E-state index in [2.05, 4.69) is 20.8 Å². The molecule has 0 saturated heterocycles. The molecule has 0 spiro atoms. The number of hydrogen-bond donors (Lipinski definition) is 1. The lowest BCUT2D eigenvalue weighted by Gasteiger charge is -2.36. The molecule has 0 fully saturated rings. The maximum absolute atomic E-state index is 11.4. The van der Waals surface area contributed by atoms with E-state index in [0.29, 0.717) is 6.61 Å². The summed E-state index contributed by atoms with van der Waals surface area (Å²) >= 11 is 0. The first-order valence-electron chi connectivity index (χ1n) is 7.78. The van der Waals surface area contributed by atoms with Crippen molar-refractivity contribution in [3.63, 3.8) is 0 Å². The largest absolute Gasteiger partial charge is 0.480 e. The lowest BCUT2D eigenvalue weighted by molar-refractivity contribution is -0.925. The van der Waals surface area contributed by atoms with E-state index in [1.807, 2.05) is 0 Å². The van der Waals surface area contributed by atoms with Gasteiger partial charge < -0.3 is 13.7 Å². The van der Waals surface area contributed by atoms with Gasteiger partial charge in [0.25, 0.3) is 0 Å². The highest BCUT2D eigenvalue weighted by atomic mass is 32.3. The van der Waals surface area contributed by atoms with Crippen LogP contribution in [0.1, 0.15) is 33.6 Å². The molecule has 0 bridgehead atoms. The third-order valence-corrected chi connectivity index (χ3v) is 6.42. The van der Waals surface area contributed by atoms with Crippen LogP contribution in [-0.4, -0.2) is 70.2 Å². The first-order valence-corrected chi connectivity index (χ1v) is 10.7. The zero-order valence-corrected chi connectivity index (χ0v) is 16.6. The van der Waals surface area contributed by atoms with Gasteiger partial charge in [0.1, 0.15) is 6.54 Å². The highest BCUT2D eigenvalue weighted by molar-refractivity contribution is 8.13. The van der Waals surface area contributed by atoms with Crippen LogP contribution in [0.4, 0.5) is 26.3 Å². The summed E-state index contributed by atoms with van der Waals surface area (Å²) in [7, 11) is -13.4. The molecule has 0 radical (unpaired) electrons. The third-order valence-electron chi connectivity index (χ3n) is 3.68. The van der Waals surface area contributed by atoms with Crippen molar-refractivity contribution in [1.29, 1.82) is 0 Å². The zero-order chi connectivity index (χ0) is 22.2. The number of sulfonamides is 2. The van der Waals surface area contributed by atoms with E-state index in [9.17, 15) is 43.2 Å². The van der Waals surface area contributed by atoms with Gasteiger partial charge in [0.05, 0.1) is 26.2 Å². The molecule has 0 saturated carbocycles. The standard InChI is InChI=1S/C10H24NO.C2F6NO4S2/c1-4-7-8-11(5-2,6-3)9-10-12;3-1(4,5)14(10,11)9-15(12,13)2(6,7)8/h12H,4-10H2,1-3H3;/q+1;-1. The van der Waals surface area contributed by atoms with Crippen molar-refractivity contribution < 1.29 is 52.8 Å². The van der Waals surface area contributed by atoms with Gasteiger partial charge >= 0.3 is 11.0 Å². The van der Waals surface area contributed by atoms with Crippen molar-refractivity contribution in [1.82, 2.24) is 0 Å². The fourth-order valence-corrected chi connectivity index (χ4v) is 3.60. The van der Waals surface area contributed by atoms with E-state index >= 15 is 0 Å². The molecule has 7 nitrogen and oxygen atoms in total. The summed E-state index contributed by atoms with van der Waals surface area (Å²) in [5.41, 5.74) is -12.4. The van der Waals surface area contributed by atoms with Gasteiger partial charge in [0, 0.05) is 0 Å². The summed E-state index contributed by atoms with van der Waals surface area (Å²) in [5, 5.41) is 8.95. The molecule has 0 unspecified atom stereocenters. The fourth-order valence-electron chi connectivity index (χ4n) is 1.89. The number of halogens is 6. The van der Waals surface area contributed by atoms with Gasteiger partial charge in [0.15, 0.2) is 20.0 Å². The molecule has 0 amide bonds. The molecular formula is C12H24F6N2O5S2. The van der Waals surface area contributed by atoms with E-state index in [1.54, 1.807) is 0 Å². The summed E-state index contributed by atoms with van der Waals surface area (Å²) in [5.74, 6) is 0. The number of rotatable bonds is 9. The van der Waals surface area contributed by atoms with E-state index in [4.69, 9.17) is 5.11 Å². The van der Waals surface area contributed by atoms with Crippen LogP contribution < -0.4 is 0 Å². The number of unbranched alkanes of at least 4 members (excludes halogenated alkanes) is 1. The summed E-state index contributed by atoms with van der Waals surface area (Å²) in [6, 6.07) is 0. The van der Waals surface area contributed by atoms with Crippen molar-refractivity contribution in [3.8, 4) is 0 Å². The molecule has 0 aliphatic rings. The second-order valence-corrected chi connectivity index (χ2v) is 8.84. The molecule has 0 aromatic heterocycles. The Morgan fingerprint density at radius 2 is 1.19 bits per heavy atom. The Bertz CT molecular complexity index is 586. The number of nitrogens with zero attached hydrogens (tertiary/aromatic N) is 2. The summed E-state index contributed by atoms with van der Waals surface area (Å²) < 4.78 is 110. The minimum atomic E-state index is -6.72. The number of alkyl halides is 6. The molecule has 0 aromatic carbocycles. The van der Waals surface area contributed by atoms with Crippen molar-refractivity contribution in [2.24, 2.45) is 0 Å². The van der Waals surface area contributed by atoms with Crippen molar-refractivity contribution in [3.05, 3.63) is 4.13 Å². The molecule has 15 heteroatoms. The number of hydrogen-bond acceptors (Lipinski definition) is 5. The quantitative estimate of drug-likeness (QED) is 0.426. The summed E-state index contributed by atoms with van der Waals surface area (Å²) in [4.78, 5) is 0. The van der Waals surface area contributed by atoms with Gasteiger partial charge in [0.2, 0.25) is 0 Å². The van der Waals surface area contributed by atoms with Crippen LogP contribution in [0.3, 0.4) is 0 Å². The lowest BCUT2D eigenvalue weighted by atomic mass is 10.2. The van der Waals surface area contributed by atoms with E-state index in [-0.39, 0.29) is 0 Å². The first kappa shape index (κ1) is 28.6. The Kier molecular flexibility index (Phi) is 11.4. The van der Waals surface area contributed by atoms with Gasteiger partial charge in [-0.25, -0.2) is 16.8 Å². The Morgan fingerprint density at radius 1 is 0.815 bits per heavy atom. The smallest absolute Gasteiger partial charge is 0.421 e. The van der Waals surface area contributed by atoms with Gasteiger partial charge in [-0.1, -0.05) is 13.3 Å². The third kappa shape index (κ3) is 9.40. The Hall–Kier alpha value is -0.640. The predicted octanol–water partition coefficient (Wildman–Crippen LogP) is 2.69. The maximum Gasteiger partial charge on any atom is 0.480 e. The maximum atomic E-state index is 11.4. The highest BCUT2D eigenvalue weighted by Gasteiger charge is 2.46. The normalized spacial score (nSPS) is 13.9. The molecular weight excluding hydrogens is 430 g/mol. The van der Waals surface area contributed by atoms with Gasteiger partial charge in [-0.05, 0) is 20.3 Å². The van der Waals surface area contributed by atoms with Crippen molar-refractivity contribution >= 4 is 20.0 Å². The minimum Gasteiger partial charge on any atom is -0.421 e. The van der Waals surface area contributed by atoms with E-state index in [1.165, 1.54) is 19.4 Å². The number of likely N-dealkylation sites (N-methyl/N-ethyl adjacent to an activating group) is 1. The van der Waals surface area contributed by atoms with E-state index < -0.39 is 31.1 Å². The summed E-state index contributed by atoms with van der Waals surface area (Å²) in [6.45, 7) is 11.4. The van der Waals surface area contributed by atoms with Crippen LogP contribution in [0, 0.1) is 0 Å². The number of aliphatic hydroxyl groups excluding tert-OH is 1. The zero-order valence-electron chi connectivity index (χ0n) is 15.0. The highest BCUT2D eigenvalue weighted by Crippen LogP contribution is 2.36. The molecule has 0 aliphatic heterocycles. The molecule has 0 aromatic rings. The molecule has 0 atom stereocenters. The first-order chi connectivity index (χ1) is 11.9. The average molecular weight is 454 g/mol. The monoisotopic (exact) mass is 454 g/mol. The second-order valence-electron chi connectivity index (χ2n) is 5.41. The lowest BCUT2D eigenvalue weighted by Crippen LogP contribution is -2.50. The fraction of sp³-hybridized carbons (Fsp3) is 1.00. The average Bonchev–Trinajstić information content (AvgIpc) is 2.49.